The largest absolute Gasteiger partial charge is 0.390 e. The second-order valence-corrected chi connectivity index (χ2v) is 3.03. The average Bonchev–Trinajstić information content (AvgIpc) is 2.03. The van der Waals surface area contributed by atoms with Crippen molar-refractivity contribution < 1.29 is 27.4 Å². The highest BCUT2D eigenvalue weighted by Gasteiger charge is 2.40. The minimum Gasteiger partial charge on any atom is -0.390 e. The Morgan fingerprint density at radius 3 is 2.31 bits per heavy atom. The standard InChI is InChI=1S/C6H9BrF4O2/c7-1-4(12)2-13-3-6(10,11)5(8)9/h4-5,12H,1-3H2. The maximum absolute atomic E-state index is 12.1. The zero-order chi connectivity index (χ0) is 10.5. The van der Waals surface area contributed by atoms with Crippen LogP contribution in [0.4, 0.5) is 17.6 Å². The minimum absolute atomic E-state index is 0.146. The van der Waals surface area contributed by atoms with Crippen molar-refractivity contribution in [3.05, 3.63) is 0 Å². The maximum atomic E-state index is 12.1. The van der Waals surface area contributed by atoms with Gasteiger partial charge in [-0.2, -0.15) is 8.78 Å². The molecule has 0 fully saturated rings. The van der Waals surface area contributed by atoms with Crippen LogP contribution in [0.1, 0.15) is 0 Å². The molecule has 0 heterocycles. The first kappa shape index (κ1) is 13.1. The minimum atomic E-state index is -4.15. The molecule has 1 unspecified atom stereocenters. The van der Waals surface area contributed by atoms with Crippen LogP contribution >= 0.6 is 15.9 Å². The van der Waals surface area contributed by atoms with Crippen molar-refractivity contribution in [3.8, 4) is 0 Å². The van der Waals surface area contributed by atoms with Gasteiger partial charge in [0.05, 0.1) is 12.7 Å². The lowest BCUT2D eigenvalue weighted by Gasteiger charge is -2.16. The van der Waals surface area contributed by atoms with Gasteiger partial charge in [0.15, 0.2) is 0 Å². The molecule has 0 saturated carbocycles. The van der Waals surface area contributed by atoms with Gasteiger partial charge in [-0.3, -0.25) is 0 Å². The van der Waals surface area contributed by atoms with Gasteiger partial charge in [0.1, 0.15) is 6.61 Å². The summed E-state index contributed by atoms with van der Waals surface area (Å²) in [7, 11) is 0. The van der Waals surface area contributed by atoms with E-state index in [1.807, 2.05) is 0 Å². The summed E-state index contributed by atoms with van der Waals surface area (Å²) in [5.74, 6) is -4.15. The first-order chi connectivity index (χ1) is 5.90. The monoisotopic (exact) mass is 268 g/mol. The highest BCUT2D eigenvalue weighted by molar-refractivity contribution is 9.09. The fraction of sp³-hybridized carbons (Fsp3) is 1.00. The molecule has 7 heteroatoms. The van der Waals surface area contributed by atoms with Crippen molar-refractivity contribution >= 4 is 15.9 Å². The molecule has 0 aliphatic rings. The van der Waals surface area contributed by atoms with Gasteiger partial charge >= 0.3 is 12.3 Å². The lowest BCUT2D eigenvalue weighted by atomic mass is 10.4. The van der Waals surface area contributed by atoms with E-state index in [0.29, 0.717) is 0 Å². The number of rotatable bonds is 6. The second kappa shape index (κ2) is 5.77. The lowest BCUT2D eigenvalue weighted by Crippen LogP contribution is -2.33. The molecule has 1 atom stereocenters. The molecule has 0 spiro atoms. The van der Waals surface area contributed by atoms with Gasteiger partial charge in [-0.05, 0) is 0 Å². The van der Waals surface area contributed by atoms with Crippen molar-refractivity contribution in [3.63, 3.8) is 0 Å². The molecule has 0 rings (SSSR count). The first-order valence-electron chi connectivity index (χ1n) is 3.38. The molecule has 0 amide bonds. The summed E-state index contributed by atoms with van der Waals surface area (Å²) in [5, 5.41) is 8.94. The topological polar surface area (TPSA) is 29.5 Å². The van der Waals surface area contributed by atoms with Gasteiger partial charge in [-0.25, -0.2) is 8.78 Å². The molecule has 13 heavy (non-hydrogen) atoms. The van der Waals surface area contributed by atoms with E-state index in [0.717, 1.165) is 0 Å². The molecule has 0 bridgehead atoms. The zero-order valence-corrected chi connectivity index (χ0v) is 8.11. The molecule has 0 saturated heterocycles. The lowest BCUT2D eigenvalue weighted by molar-refractivity contribution is -0.169. The number of alkyl halides is 5. The smallest absolute Gasteiger partial charge is 0.330 e. The molecule has 80 valence electrons. The normalized spacial score (nSPS) is 15.0. The quantitative estimate of drug-likeness (QED) is 0.587. The SMILES string of the molecule is OC(CBr)COCC(F)(F)C(F)F. The average molecular weight is 269 g/mol. The first-order valence-corrected chi connectivity index (χ1v) is 4.50. The molecule has 0 aliphatic heterocycles. The van der Waals surface area contributed by atoms with E-state index in [-0.39, 0.29) is 5.33 Å². The van der Waals surface area contributed by atoms with Crippen LogP contribution in [0.5, 0.6) is 0 Å². The van der Waals surface area contributed by atoms with Crippen LogP contribution in [0.2, 0.25) is 0 Å². The molecule has 2 nitrogen and oxygen atoms in total. The molecule has 0 aromatic carbocycles. The summed E-state index contributed by atoms with van der Waals surface area (Å²) in [6, 6.07) is 0. The van der Waals surface area contributed by atoms with E-state index >= 15 is 0 Å². The van der Waals surface area contributed by atoms with Crippen molar-refractivity contribution in [1.29, 1.82) is 0 Å². The van der Waals surface area contributed by atoms with Gasteiger partial charge in [-0.1, -0.05) is 15.9 Å². The van der Waals surface area contributed by atoms with Crippen LogP contribution in [-0.4, -0.2) is 42.1 Å². The molecule has 0 radical (unpaired) electrons. The van der Waals surface area contributed by atoms with E-state index in [1.54, 1.807) is 0 Å². The molecular weight excluding hydrogens is 260 g/mol. The highest BCUT2D eigenvalue weighted by Crippen LogP contribution is 2.22. The van der Waals surface area contributed by atoms with E-state index in [9.17, 15) is 17.6 Å². The van der Waals surface area contributed by atoms with Crippen LogP contribution in [0, 0.1) is 0 Å². The van der Waals surface area contributed by atoms with Gasteiger partial charge in [0.25, 0.3) is 0 Å². The van der Waals surface area contributed by atoms with Gasteiger partial charge in [-0.15, -0.1) is 0 Å². The number of ether oxygens (including phenoxy) is 1. The van der Waals surface area contributed by atoms with Crippen molar-refractivity contribution in [2.24, 2.45) is 0 Å². The Labute approximate surface area is 81.0 Å². The third-order valence-corrected chi connectivity index (χ3v) is 1.85. The molecule has 1 N–H and O–H groups in total. The Bertz CT molecular complexity index is 145. The molecule has 0 aromatic heterocycles. The number of aliphatic hydroxyl groups is 1. The van der Waals surface area contributed by atoms with Crippen LogP contribution in [0.25, 0.3) is 0 Å². The number of hydrogen-bond donors (Lipinski definition) is 1. The summed E-state index contributed by atoms with van der Waals surface area (Å²) < 4.78 is 51.5. The number of aliphatic hydroxyl groups excluding tert-OH is 1. The van der Waals surface area contributed by atoms with E-state index in [1.165, 1.54) is 0 Å². The maximum Gasteiger partial charge on any atom is 0.330 e. The number of hydrogen-bond acceptors (Lipinski definition) is 2. The summed E-state index contributed by atoms with van der Waals surface area (Å²) >= 11 is 2.86. The Kier molecular flexibility index (Phi) is 5.82. The van der Waals surface area contributed by atoms with Gasteiger partial charge in [0.2, 0.25) is 0 Å². The summed E-state index contributed by atoms with van der Waals surface area (Å²) in [6.07, 6.45) is -4.71. The predicted molar refractivity (Wildman–Crippen MR) is 41.6 cm³/mol. The predicted octanol–water partition coefficient (Wildman–Crippen LogP) is 1.66. The molecular formula is C6H9BrF4O2. The highest BCUT2D eigenvalue weighted by atomic mass is 79.9. The zero-order valence-electron chi connectivity index (χ0n) is 6.52. The Balaban J connectivity index is 3.63. The molecule has 0 aromatic rings. The third-order valence-electron chi connectivity index (χ3n) is 1.10. The van der Waals surface area contributed by atoms with Crippen molar-refractivity contribution in [1.82, 2.24) is 0 Å². The summed E-state index contributed by atoms with van der Waals surface area (Å²) in [4.78, 5) is 0. The Hall–Kier alpha value is 0.120. The fourth-order valence-electron chi connectivity index (χ4n) is 0.439. The van der Waals surface area contributed by atoms with Gasteiger partial charge < -0.3 is 9.84 Å². The van der Waals surface area contributed by atoms with Gasteiger partial charge in [0, 0.05) is 5.33 Å². The fourth-order valence-corrected chi connectivity index (χ4v) is 0.625. The van der Waals surface area contributed by atoms with Crippen molar-refractivity contribution in [2.75, 3.05) is 18.5 Å². The summed E-state index contributed by atoms with van der Waals surface area (Å²) in [5.41, 5.74) is 0. The Morgan fingerprint density at radius 1 is 1.38 bits per heavy atom. The van der Waals surface area contributed by atoms with E-state index < -0.39 is 31.7 Å². The van der Waals surface area contributed by atoms with Crippen LogP contribution in [-0.2, 0) is 4.74 Å². The number of halogens is 5. The van der Waals surface area contributed by atoms with Crippen LogP contribution in [0.3, 0.4) is 0 Å². The Morgan fingerprint density at radius 2 is 1.92 bits per heavy atom. The van der Waals surface area contributed by atoms with E-state index in [2.05, 4.69) is 20.7 Å². The third kappa shape index (κ3) is 5.43. The van der Waals surface area contributed by atoms with E-state index in [4.69, 9.17) is 5.11 Å². The molecule has 0 aliphatic carbocycles. The van der Waals surface area contributed by atoms with Crippen LogP contribution < -0.4 is 0 Å². The van der Waals surface area contributed by atoms with Crippen molar-refractivity contribution in [2.45, 2.75) is 18.5 Å². The van der Waals surface area contributed by atoms with Crippen LogP contribution in [0.15, 0.2) is 0 Å². The second-order valence-electron chi connectivity index (χ2n) is 2.38. The summed E-state index contributed by atoms with van der Waals surface area (Å²) in [6.45, 7) is -1.78.